The lowest BCUT2D eigenvalue weighted by Gasteiger charge is -2.11. The highest BCUT2D eigenvalue weighted by atomic mass is 16.4. The average Bonchev–Trinajstić information content (AvgIpc) is 3.19. The van der Waals surface area contributed by atoms with Crippen LogP contribution in [0.5, 0.6) is 0 Å². The van der Waals surface area contributed by atoms with E-state index in [0.29, 0.717) is 35.2 Å². The minimum Gasteiger partial charge on any atom is -0.478 e. The van der Waals surface area contributed by atoms with Crippen LogP contribution in [0.1, 0.15) is 62.7 Å². The van der Waals surface area contributed by atoms with Crippen molar-refractivity contribution in [2.75, 3.05) is 0 Å². The number of carboxylic acids is 2. The fourth-order valence-corrected chi connectivity index (χ4v) is 4.44. The molecule has 0 amide bonds. The second-order valence-corrected chi connectivity index (χ2v) is 9.46. The highest BCUT2D eigenvalue weighted by Crippen LogP contribution is 2.25. The molecular formula is C30H28N2O6. The Bertz CT molecular complexity index is 1550. The molecular weight excluding hydrogens is 484 g/mol. The molecule has 4 rings (SSSR count). The zero-order valence-electron chi connectivity index (χ0n) is 21.1. The van der Waals surface area contributed by atoms with E-state index >= 15 is 0 Å². The Morgan fingerprint density at radius 1 is 0.816 bits per heavy atom. The smallest absolute Gasteiger partial charge is 0.354 e. The fourth-order valence-electron chi connectivity index (χ4n) is 4.44. The van der Waals surface area contributed by atoms with Crippen molar-refractivity contribution in [1.29, 1.82) is 0 Å². The average molecular weight is 513 g/mol. The predicted octanol–water partition coefficient (Wildman–Crippen LogP) is 5.04. The summed E-state index contributed by atoms with van der Waals surface area (Å²) in [5, 5.41) is 19.6. The van der Waals surface area contributed by atoms with Crippen molar-refractivity contribution >= 4 is 17.8 Å². The first-order valence-electron chi connectivity index (χ1n) is 12.3. The molecule has 0 aliphatic heterocycles. The van der Waals surface area contributed by atoms with E-state index in [-0.39, 0.29) is 29.3 Å². The van der Waals surface area contributed by atoms with E-state index in [9.17, 15) is 29.4 Å². The van der Waals surface area contributed by atoms with Crippen molar-refractivity contribution in [3.05, 3.63) is 117 Å². The van der Waals surface area contributed by atoms with Crippen LogP contribution >= 0.6 is 0 Å². The van der Waals surface area contributed by atoms with Gasteiger partial charge >= 0.3 is 17.6 Å². The number of aromatic carboxylic acids is 2. The quantitative estimate of drug-likeness (QED) is 0.324. The van der Waals surface area contributed by atoms with Crippen LogP contribution < -0.4 is 5.69 Å². The first-order chi connectivity index (χ1) is 18.2. The van der Waals surface area contributed by atoms with Crippen LogP contribution in [0, 0.1) is 5.92 Å². The Labute approximate surface area is 219 Å². The topological polar surface area (TPSA) is 119 Å². The lowest BCUT2D eigenvalue weighted by atomic mass is 9.98. The molecule has 0 aliphatic carbocycles. The van der Waals surface area contributed by atoms with E-state index < -0.39 is 23.5 Å². The molecule has 0 fully saturated rings. The van der Waals surface area contributed by atoms with E-state index in [1.54, 1.807) is 72.8 Å². The number of benzene rings is 3. The molecule has 4 aromatic rings. The van der Waals surface area contributed by atoms with Gasteiger partial charge in [-0.1, -0.05) is 74.5 Å². The summed E-state index contributed by atoms with van der Waals surface area (Å²) in [6.45, 7) is 4.06. The summed E-state index contributed by atoms with van der Waals surface area (Å²) in [6.07, 6.45) is 0.946. The van der Waals surface area contributed by atoms with Crippen LogP contribution in [0.3, 0.4) is 0 Å². The number of hydrogen-bond acceptors (Lipinski definition) is 4. The van der Waals surface area contributed by atoms with Crippen LogP contribution in [0.15, 0.2) is 83.7 Å². The number of nitrogens with zero attached hydrogens (tertiary/aromatic N) is 2. The summed E-state index contributed by atoms with van der Waals surface area (Å²) in [5.41, 5.74) is 1.61. The van der Waals surface area contributed by atoms with Gasteiger partial charge in [0.1, 0.15) is 0 Å². The van der Waals surface area contributed by atoms with Gasteiger partial charge in [0.25, 0.3) is 5.91 Å². The van der Waals surface area contributed by atoms with Crippen LogP contribution in [-0.4, -0.2) is 37.2 Å². The van der Waals surface area contributed by atoms with Crippen molar-refractivity contribution in [3.63, 3.8) is 0 Å². The predicted molar refractivity (Wildman–Crippen MR) is 143 cm³/mol. The number of carboxylic acid groups (broad SMARTS) is 2. The SMILES string of the molecule is CC(C)CCc1c(C(=O)O)n(C(=O)c2ccccc2)c(=O)n1Cc1ccc(-c2ccccc2C(=O)O)cc1. The van der Waals surface area contributed by atoms with E-state index in [0.717, 1.165) is 4.57 Å². The molecule has 0 unspecified atom stereocenters. The molecule has 38 heavy (non-hydrogen) atoms. The first-order valence-corrected chi connectivity index (χ1v) is 12.3. The van der Waals surface area contributed by atoms with Crippen molar-refractivity contribution in [2.45, 2.75) is 33.2 Å². The lowest BCUT2D eigenvalue weighted by Crippen LogP contribution is -2.31. The van der Waals surface area contributed by atoms with Crippen molar-refractivity contribution < 1.29 is 24.6 Å². The minimum atomic E-state index is -1.34. The molecule has 0 radical (unpaired) electrons. The van der Waals surface area contributed by atoms with Gasteiger partial charge in [0.05, 0.1) is 17.8 Å². The van der Waals surface area contributed by atoms with Crippen LogP contribution in [0.4, 0.5) is 0 Å². The molecule has 1 heterocycles. The zero-order valence-corrected chi connectivity index (χ0v) is 21.1. The van der Waals surface area contributed by atoms with E-state index in [1.165, 1.54) is 10.6 Å². The van der Waals surface area contributed by atoms with Gasteiger partial charge in [-0.25, -0.2) is 19.0 Å². The second kappa shape index (κ2) is 11.1. The second-order valence-electron chi connectivity index (χ2n) is 9.46. The summed E-state index contributed by atoms with van der Waals surface area (Å²) < 4.78 is 2.11. The molecule has 0 saturated heterocycles. The molecule has 2 N–H and O–H groups in total. The Balaban J connectivity index is 1.78. The van der Waals surface area contributed by atoms with Crippen LogP contribution in [0.2, 0.25) is 0 Å². The zero-order chi connectivity index (χ0) is 27.4. The van der Waals surface area contributed by atoms with E-state index in [1.807, 2.05) is 13.8 Å². The van der Waals surface area contributed by atoms with Crippen LogP contribution in [-0.2, 0) is 13.0 Å². The highest BCUT2D eigenvalue weighted by Gasteiger charge is 2.29. The number of hydrogen-bond donors (Lipinski definition) is 2. The lowest BCUT2D eigenvalue weighted by molar-refractivity contribution is 0.0671. The molecule has 0 atom stereocenters. The van der Waals surface area contributed by atoms with Gasteiger partial charge in [-0.15, -0.1) is 0 Å². The Kier molecular flexibility index (Phi) is 7.71. The van der Waals surface area contributed by atoms with Gasteiger partial charge in [0.15, 0.2) is 5.69 Å². The minimum absolute atomic E-state index is 0.0580. The molecule has 0 aliphatic rings. The van der Waals surface area contributed by atoms with Crippen molar-refractivity contribution in [1.82, 2.24) is 9.13 Å². The Hall–Kier alpha value is -4.72. The summed E-state index contributed by atoms with van der Waals surface area (Å²) in [7, 11) is 0. The van der Waals surface area contributed by atoms with Gasteiger partial charge in [0.2, 0.25) is 0 Å². The number of aromatic nitrogens is 2. The van der Waals surface area contributed by atoms with Crippen molar-refractivity contribution in [3.8, 4) is 11.1 Å². The molecule has 194 valence electrons. The summed E-state index contributed by atoms with van der Waals surface area (Å²) in [6, 6.07) is 21.9. The Morgan fingerprint density at radius 2 is 1.45 bits per heavy atom. The number of carbonyl (C=O) groups excluding carboxylic acids is 1. The number of imidazole rings is 1. The first kappa shape index (κ1) is 26.3. The van der Waals surface area contributed by atoms with Gasteiger partial charge in [-0.3, -0.25) is 9.36 Å². The third-order valence-electron chi connectivity index (χ3n) is 6.39. The molecule has 8 heteroatoms. The maximum absolute atomic E-state index is 13.6. The van der Waals surface area contributed by atoms with Gasteiger partial charge in [0, 0.05) is 5.56 Å². The highest BCUT2D eigenvalue weighted by molar-refractivity contribution is 6.01. The largest absolute Gasteiger partial charge is 0.478 e. The van der Waals surface area contributed by atoms with Crippen molar-refractivity contribution in [2.24, 2.45) is 5.92 Å². The van der Waals surface area contributed by atoms with Gasteiger partial charge in [-0.2, -0.15) is 0 Å². The molecule has 3 aromatic carbocycles. The maximum atomic E-state index is 13.6. The summed E-state index contributed by atoms with van der Waals surface area (Å²) >= 11 is 0. The van der Waals surface area contributed by atoms with Gasteiger partial charge in [-0.05, 0) is 53.6 Å². The Morgan fingerprint density at radius 3 is 2.05 bits per heavy atom. The van der Waals surface area contributed by atoms with E-state index in [4.69, 9.17) is 0 Å². The molecule has 0 bridgehead atoms. The molecule has 8 nitrogen and oxygen atoms in total. The maximum Gasteiger partial charge on any atom is 0.354 e. The summed E-state index contributed by atoms with van der Waals surface area (Å²) in [5.74, 6) is -2.82. The molecule has 0 spiro atoms. The normalized spacial score (nSPS) is 11.0. The number of rotatable bonds is 9. The monoisotopic (exact) mass is 512 g/mol. The third-order valence-corrected chi connectivity index (χ3v) is 6.39. The standard InChI is InChI=1S/C30H28N2O6/c1-19(2)12-17-25-26(29(36)37)32(27(33)22-8-4-3-5-9-22)30(38)31(25)18-20-13-15-21(16-14-20)23-10-6-7-11-24(23)28(34)35/h3-11,13-16,19H,12,17-18H2,1-2H3,(H,34,35)(H,36,37). The summed E-state index contributed by atoms with van der Waals surface area (Å²) in [4.78, 5) is 50.8. The molecule has 1 aromatic heterocycles. The number of carbonyl (C=O) groups is 3. The fraction of sp³-hybridized carbons (Fsp3) is 0.200. The van der Waals surface area contributed by atoms with Crippen LogP contribution in [0.25, 0.3) is 11.1 Å². The third kappa shape index (κ3) is 5.34. The van der Waals surface area contributed by atoms with Gasteiger partial charge < -0.3 is 10.2 Å². The molecule has 0 saturated carbocycles. The van der Waals surface area contributed by atoms with E-state index in [2.05, 4.69) is 0 Å².